The van der Waals surface area contributed by atoms with Gasteiger partial charge in [-0.15, -0.1) is 0 Å². The van der Waals surface area contributed by atoms with Gasteiger partial charge in [0.15, 0.2) is 5.15 Å². The van der Waals surface area contributed by atoms with Crippen LogP contribution in [0.5, 0.6) is 0 Å². The van der Waals surface area contributed by atoms with Crippen molar-refractivity contribution in [3.8, 4) is 0 Å². The SMILES string of the molecule is Cc1cc(Cl)nc(Cl)c1NC(C)c1ccc(Cl)cc1Cl. The van der Waals surface area contributed by atoms with E-state index in [-0.39, 0.29) is 6.04 Å². The molecule has 1 atom stereocenters. The molecule has 106 valence electrons. The molecule has 0 amide bonds. The molecule has 0 spiro atoms. The largest absolute Gasteiger partial charge is 0.376 e. The Balaban J connectivity index is 2.30. The molecule has 0 aliphatic carbocycles. The molecule has 2 nitrogen and oxygen atoms in total. The fraction of sp³-hybridized carbons (Fsp3) is 0.214. The van der Waals surface area contributed by atoms with E-state index in [9.17, 15) is 0 Å². The minimum Gasteiger partial charge on any atom is -0.376 e. The molecule has 0 fully saturated rings. The highest BCUT2D eigenvalue weighted by atomic mass is 35.5. The molecule has 1 aromatic heterocycles. The Kier molecular flexibility index (Phi) is 5.03. The minimum absolute atomic E-state index is 0.0426. The molecule has 0 bridgehead atoms. The Labute approximate surface area is 138 Å². The van der Waals surface area contributed by atoms with Crippen molar-refractivity contribution in [1.82, 2.24) is 4.98 Å². The summed E-state index contributed by atoms with van der Waals surface area (Å²) in [7, 11) is 0. The van der Waals surface area contributed by atoms with Gasteiger partial charge in [-0.3, -0.25) is 0 Å². The number of nitrogens with one attached hydrogen (secondary N) is 1. The Bertz CT molecular complexity index is 620. The van der Waals surface area contributed by atoms with Gasteiger partial charge in [0.05, 0.1) is 11.7 Å². The van der Waals surface area contributed by atoms with Gasteiger partial charge in [-0.05, 0) is 43.2 Å². The first-order valence-corrected chi connectivity index (χ1v) is 7.44. The molecular formula is C14H12Cl4N2. The number of rotatable bonds is 3. The van der Waals surface area contributed by atoms with E-state index in [1.54, 1.807) is 18.2 Å². The van der Waals surface area contributed by atoms with Crippen molar-refractivity contribution >= 4 is 52.1 Å². The van der Waals surface area contributed by atoms with E-state index in [2.05, 4.69) is 10.3 Å². The summed E-state index contributed by atoms with van der Waals surface area (Å²) in [5.74, 6) is 0. The summed E-state index contributed by atoms with van der Waals surface area (Å²) in [6, 6.07) is 7.11. The van der Waals surface area contributed by atoms with Crippen LogP contribution in [0, 0.1) is 6.92 Å². The minimum atomic E-state index is -0.0426. The van der Waals surface area contributed by atoms with E-state index in [0.717, 1.165) is 16.8 Å². The summed E-state index contributed by atoms with van der Waals surface area (Å²) >= 11 is 24.1. The summed E-state index contributed by atoms with van der Waals surface area (Å²) in [5, 5.41) is 5.22. The van der Waals surface area contributed by atoms with Crippen LogP contribution in [0.25, 0.3) is 0 Å². The number of benzene rings is 1. The van der Waals surface area contributed by atoms with Gasteiger partial charge in [-0.1, -0.05) is 52.5 Å². The summed E-state index contributed by atoms with van der Waals surface area (Å²) in [6.07, 6.45) is 0. The second kappa shape index (κ2) is 6.40. The molecule has 0 aliphatic heterocycles. The molecule has 1 unspecified atom stereocenters. The maximum atomic E-state index is 6.20. The Hall–Kier alpha value is -0.670. The molecule has 2 rings (SSSR count). The molecule has 0 saturated heterocycles. The van der Waals surface area contributed by atoms with E-state index in [1.165, 1.54) is 0 Å². The fourth-order valence-electron chi connectivity index (χ4n) is 1.92. The Morgan fingerprint density at radius 2 is 1.80 bits per heavy atom. The third-order valence-corrected chi connectivity index (χ3v) is 3.96. The number of hydrogen-bond acceptors (Lipinski definition) is 2. The lowest BCUT2D eigenvalue weighted by molar-refractivity contribution is 0.881. The van der Waals surface area contributed by atoms with E-state index in [1.807, 2.05) is 19.9 Å². The second-order valence-corrected chi connectivity index (χ2v) is 6.05. The maximum absolute atomic E-state index is 6.20. The van der Waals surface area contributed by atoms with Crippen molar-refractivity contribution in [1.29, 1.82) is 0 Å². The smallest absolute Gasteiger partial charge is 0.154 e. The first kappa shape index (κ1) is 15.7. The third-order valence-electron chi connectivity index (χ3n) is 2.93. The van der Waals surface area contributed by atoms with Crippen LogP contribution in [0.3, 0.4) is 0 Å². The topological polar surface area (TPSA) is 24.9 Å². The van der Waals surface area contributed by atoms with Crippen molar-refractivity contribution in [2.75, 3.05) is 5.32 Å². The molecule has 2 aromatic rings. The summed E-state index contributed by atoms with van der Waals surface area (Å²) in [6.45, 7) is 3.90. The zero-order chi connectivity index (χ0) is 14.9. The number of nitrogens with zero attached hydrogens (tertiary/aromatic N) is 1. The van der Waals surface area contributed by atoms with Crippen molar-refractivity contribution in [3.63, 3.8) is 0 Å². The molecule has 1 heterocycles. The zero-order valence-corrected chi connectivity index (χ0v) is 13.9. The Morgan fingerprint density at radius 3 is 2.40 bits per heavy atom. The van der Waals surface area contributed by atoms with Crippen molar-refractivity contribution in [2.24, 2.45) is 0 Å². The van der Waals surface area contributed by atoms with E-state index in [4.69, 9.17) is 46.4 Å². The maximum Gasteiger partial charge on any atom is 0.154 e. The zero-order valence-electron chi connectivity index (χ0n) is 10.8. The van der Waals surface area contributed by atoms with Crippen LogP contribution in [0.15, 0.2) is 24.3 Å². The van der Waals surface area contributed by atoms with E-state index < -0.39 is 0 Å². The van der Waals surface area contributed by atoms with E-state index in [0.29, 0.717) is 20.4 Å². The summed E-state index contributed by atoms with van der Waals surface area (Å²) < 4.78 is 0. The number of halogens is 4. The van der Waals surface area contributed by atoms with Gasteiger partial charge in [0.25, 0.3) is 0 Å². The van der Waals surface area contributed by atoms with Crippen molar-refractivity contribution in [3.05, 3.63) is 55.7 Å². The van der Waals surface area contributed by atoms with Gasteiger partial charge in [0.1, 0.15) is 5.15 Å². The molecule has 0 radical (unpaired) electrons. The average molecular weight is 350 g/mol. The van der Waals surface area contributed by atoms with Gasteiger partial charge in [-0.25, -0.2) is 4.98 Å². The van der Waals surface area contributed by atoms with Crippen molar-refractivity contribution in [2.45, 2.75) is 19.9 Å². The van der Waals surface area contributed by atoms with Crippen LogP contribution in [0.2, 0.25) is 20.4 Å². The molecule has 0 aliphatic rings. The highest BCUT2D eigenvalue weighted by molar-refractivity contribution is 6.35. The highest BCUT2D eigenvalue weighted by Crippen LogP contribution is 2.32. The molecular weight excluding hydrogens is 338 g/mol. The third kappa shape index (κ3) is 3.50. The van der Waals surface area contributed by atoms with Crippen LogP contribution in [0.4, 0.5) is 5.69 Å². The second-order valence-electron chi connectivity index (χ2n) is 4.46. The van der Waals surface area contributed by atoms with Crippen LogP contribution in [-0.2, 0) is 0 Å². The molecule has 6 heteroatoms. The van der Waals surface area contributed by atoms with Crippen LogP contribution >= 0.6 is 46.4 Å². The number of aryl methyl sites for hydroxylation is 1. The number of hydrogen-bond donors (Lipinski definition) is 1. The van der Waals surface area contributed by atoms with Gasteiger partial charge in [0, 0.05) is 10.0 Å². The monoisotopic (exact) mass is 348 g/mol. The lowest BCUT2D eigenvalue weighted by atomic mass is 10.1. The number of pyridine rings is 1. The lowest BCUT2D eigenvalue weighted by Crippen LogP contribution is -2.09. The Morgan fingerprint density at radius 1 is 1.10 bits per heavy atom. The average Bonchev–Trinajstić information content (AvgIpc) is 2.33. The first-order valence-electron chi connectivity index (χ1n) is 5.92. The standard InChI is InChI=1S/C14H12Cl4N2/c1-7-5-12(17)20-14(18)13(7)19-8(2)10-4-3-9(15)6-11(10)16/h3-6,8,19H,1-2H3. The molecule has 20 heavy (non-hydrogen) atoms. The van der Waals surface area contributed by atoms with Gasteiger partial charge < -0.3 is 5.32 Å². The van der Waals surface area contributed by atoms with Crippen LogP contribution in [-0.4, -0.2) is 4.98 Å². The molecule has 1 N–H and O–H groups in total. The van der Waals surface area contributed by atoms with E-state index >= 15 is 0 Å². The predicted molar refractivity (Wildman–Crippen MR) is 87.5 cm³/mol. The number of aromatic nitrogens is 1. The lowest BCUT2D eigenvalue weighted by Gasteiger charge is -2.19. The molecule has 1 aromatic carbocycles. The summed E-state index contributed by atoms with van der Waals surface area (Å²) in [5.41, 5.74) is 2.60. The van der Waals surface area contributed by atoms with Gasteiger partial charge in [0.2, 0.25) is 0 Å². The van der Waals surface area contributed by atoms with Crippen LogP contribution < -0.4 is 5.32 Å². The van der Waals surface area contributed by atoms with Crippen molar-refractivity contribution < 1.29 is 0 Å². The summed E-state index contributed by atoms with van der Waals surface area (Å²) in [4.78, 5) is 4.03. The quantitative estimate of drug-likeness (QED) is 0.669. The van der Waals surface area contributed by atoms with Gasteiger partial charge in [-0.2, -0.15) is 0 Å². The fourth-order valence-corrected chi connectivity index (χ4v) is 3.07. The van der Waals surface area contributed by atoms with Crippen LogP contribution in [0.1, 0.15) is 24.1 Å². The van der Waals surface area contributed by atoms with Gasteiger partial charge >= 0.3 is 0 Å². The molecule has 0 saturated carbocycles. The first-order chi connectivity index (χ1) is 9.38. The number of anilines is 1. The predicted octanol–water partition coefficient (Wildman–Crippen LogP) is 6.18. The normalized spacial score (nSPS) is 12.3. The highest BCUT2D eigenvalue weighted by Gasteiger charge is 2.14.